The number of nitrogens with zero attached hydrogens (tertiary/aromatic N) is 6. The van der Waals surface area contributed by atoms with Crippen molar-refractivity contribution in [2.24, 2.45) is 0 Å². The molecule has 0 atom stereocenters. The van der Waals surface area contributed by atoms with Gasteiger partial charge in [0.05, 0.1) is 0 Å². The lowest BCUT2D eigenvalue weighted by molar-refractivity contribution is -0.586. The zero-order valence-electron chi connectivity index (χ0n) is 19.6. The summed E-state index contributed by atoms with van der Waals surface area (Å²) >= 11 is 3.15. The summed E-state index contributed by atoms with van der Waals surface area (Å²) in [6.07, 6.45) is 10.9. The van der Waals surface area contributed by atoms with Gasteiger partial charge in [0, 0.05) is 82.4 Å². The van der Waals surface area contributed by atoms with Crippen molar-refractivity contribution in [3.63, 3.8) is 0 Å². The number of anilines is 2. The highest BCUT2D eigenvalue weighted by atomic mass is 79.9. The molecular weight excluding hydrogens is 536 g/mol. The average Bonchev–Trinajstić information content (AvgIpc) is 2.76. The zero-order chi connectivity index (χ0) is 23.4. The molecule has 0 aliphatic carbocycles. The molecule has 2 rings (SSSR count). The predicted octanol–water partition coefficient (Wildman–Crippen LogP) is 0.823. The summed E-state index contributed by atoms with van der Waals surface area (Å²) in [4.78, 5) is 3.98. The Kier molecular flexibility index (Phi) is 29.1. The Morgan fingerprint density at radius 2 is 1.03 bits per heavy atom. The van der Waals surface area contributed by atoms with Gasteiger partial charge in [0.15, 0.2) is 10.5 Å². The quantitative estimate of drug-likeness (QED) is 0.399. The van der Waals surface area contributed by atoms with Crippen LogP contribution in [0.25, 0.3) is 0 Å². The third kappa shape index (κ3) is 19.7. The topological polar surface area (TPSA) is 71.1 Å². The van der Waals surface area contributed by atoms with Crippen LogP contribution in [0.2, 0.25) is 0 Å². The summed E-state index contributed by atoms with van der Waals surface area (Å²) in [6.45, 7) is 7.71. The molecule has 0 aliphatic heterocycles. The van der Waals surface area contributed by atoms with Crippen LogP contribution in [-0.4, -0.2) is 46.7 Å². The van der Waals surface area contributed by atoms with Crippen molar-refractivity contribution in [2.45, 2.75) is 28.2 Å². The van der Waals surface area contributed by atoms with Crippen LogP contribution in [-0.2, 0) is 4.74 Å². The van der Waals surface area contributed by atoms with Crippen molar-refractivity contribution in [3.8, 4) is 12.4 Å². The van der Waals surface area contributed by atoms with Gasteiger partial charge in [-0.25, -0.2) is 0 Å². The van der Waals surface area contributed by atoms with Crippen molar-refractivity contribution < 1.29 is 30.9 Å². The van der Waals surface area contributed by atoms with Gasteiger partial charge in [0.1, 0.15) is 24.8 Å². The molecule has 0 N–H and O–H groups in total. The molecule has 180 valence electrons. The standard InChI is InChI=1S/2C8H10N3.C4H10O.C2H5Br.CH4.BrH/c2*1-10(2)8-3-5-11(7-9)6-4-8;1-3-5-4-2;1-2-3;;/h2*3-6H,1-2H3;3-4H2,1-2H3;2H2,1H3;1H4;1H/q2*+1;;;;/p-1. The van der Waals surface area contributed by atoms with Gasteiger partial charge < -0.3 is 31.5 Å². The van der Waals surface area contributed by atoms with Crippen LogP contribution < -0.4 is 35.9 Å². The third-order valence-electron chi connectivity index (χ3n) is 3.30. The van der Waals surface area contributed by atoms with E-state index in [2.05, 4.69) is 15.9 Å². The number of halogens is 2. The van der Waals surface area contributed by atoms with Gasteiger partial charge in [-0.05, 0) is 13.8 Å². The summed E-state index contributed by atoms with van der Waals surface area (Å²) in [5.74, 6) is 0. The lowest BCUT2D eigenvalue weighted by Crippen LogP contribution is -3.00. The van der Waals surface area contributed by atoms with Crippen molar-refractivity contribution in [1.82, 2.24) is 0 Å². The summed E-state index contributed by atoms with van der Waals surface area (Å²) < 4.78 is 7.74. The molecule has 0 saturated heterocycles. The van der Waals surface area contributed by atoms with Gasteiger partial charge in [-0.1, -0.05) is 30.3 Å². The van der Waals surface area contributed by atoms with Crippen LogP contribution in [0.15, 0.2) is 49.1 Å². The lowest BCUT2D eigenvalue weighted by atomic mass is 10.4. The molecule has 0 aromatic carbocycles. The van der Waals surface area contributed by atoms with Crippen molar-refractivity contribution in [2.75, 3.05) is 56.5 Å². The molecule has 0 unspecified atom stereocenters. The second-order valence-corrected chi connectivity index (χ2v) is 7.09. The number of pyridine rings is 2. The minimum Gasteiger partial charge on any atom is -1.00 e. The van der Waals surface area contributed by atoms with Crippen molar-refractivity contribution in [3.05, 3.63) is 49.1 Å². The summed E-state index contributed by atoms with van der Waals surface area (Å²) in [5.41, 5.74) is 2.19. The van der Waals surface area contributed by atoms with Gasteiger partial charge in [0.25, 0.3) is 0 Å². The van der Waals surface area contributed by atoms with Crippen molar-refractivity contribution >= 4 is 27.3 Å². The van der Waals surface area contributed by atoms with Crippen LogP contribution in [0.1, 0.15) is 28.2 Å². The van der Waals surface area contributed by atoms with E-state index in [1.165, 1.54) is 9.13 Å². The average molecular weight is 575 g/mol. The van der Waals surface area contributed by atoms with Crippen LogP contribution >= 0.6 is 15.9 Å². The fourth-order valence-corrected chi connectivity index (χ4v) is 1.77. The fourth-order valence-electron chi connectivity index (χ4n) is 1.77. The molecule has 9 heteroatoms. The van der Waals surface area contributed by atoms with Crippen LogP contribution in [0, 0.1) is 22.9 Å². The molecule has 0 aliphatic rings. The second-order valence-electron chi connectivity index (χ2n) is 5.96. The Bertz CT molecular complexity index is 676. The maximum absolute atomic E-state index is 8.47. The number of alkyl halides is 1. The SMILES string of the molecule is C.CCBr.CCOCC.CN(C)c1cc[n+](C#N)cc1.CN(C)c1cc[n+](C#N)cc1.[Br-]. The molecule has 0 radical (unpaired) electrons. The van der Waals surface area contributed by atoms with E-state index in [0.29, 0.717) is 0 Å². The fraction of sp³-hybridized carbons (Fsp3) is 0.478. The largest absolute Gasteiger partial charge is 1.00 e. The molecule has 0 amide bonds. The Morgan fingerprint density at radius 1 is 0.781 bits per heavy atom. The first-order chi connectivity index (χ1) is 14.3. The first-order valence-electron chi connectivity index (χ1n) is 9.62. The maximum atomic E-state index is 8.47. The number of rotatable bonds is 4. The number of hydrogen-bond acceptors (Lipinski definition) is 5. The van der Waals surface area contributed by atoms with E-state index in [1.807, 2.05) is 95.4 Å². The molecule has 2 aromatic rings. The molecule has 2 heterocycles. The zero-order valence-corrected chi connectivity index (χ0v) is 22.8. The van der Waals surface area contributed by atoms with Crippen LogP contribution in [0.3, 0.4) is 0 Å². The molecule has 2 aromatic heterocycles. The van der Waals surface area contributed by atoms with Gasteiger partial charge in [0.2, 0.25) is 0 Å². The van der Waals surface area contributed by atoms with E-state index in [4.69, 9.17) is 15.3 Å². The highest BCUT2D eigenvalue weighted by Gasteiger charge is 1.97. The van der Waals surface area contributed by atoms with E-state index < -0.39 is 0 Å². The lowest BCUT2D eigenvalue weighted by Gasteiger charge is -2.09. The first-order valence-corrected chi connectivity index (χ1v) is 10.7. The highest BCUT2D eigenvalue weighted by Crippen LogP contribution is 2.05. The van der Waals surface area contributed by atoms with Crippen LogP contribution in [0.4, 0.5) is 11.4 Å². The first kappa shape index (κ1) is 37.1. The molecular formula is C23H39Br2N6O+. The van der Waals surface area contributed by atoms with Crippen LogP contribution in [0.5, 0.6) is 0 Å². The Hall–Kier alpha value is -2.20. The highest BCUT2D eigenvalue weighted by molar-refractivity contribution is 9.09. The second kappa shape index (κ2) is 25.1. The molecule has 0 spiro atoms. The minimum atomic E-state index is 0. The minimum absolute atomic E-state index is 0. The molecule has 32 heavy (non-hydrogen) atoms. The van der Waals surface area contributed by atoms with Gasteiger partial charge in [-0.2, -0.15) is 0 Å². The Balaban J connectivity index is -0.000000177. The monoisotopic (exact) mass is 573 g/mol. The van der Waals surface area contributed by atoms with Gasteiger partial charge in [-0.15, -0.1) is 9.13 Å². The van der Waals surface area contributed by atoms with E-state index in [9.17, 15) is 0 Å². The van der Waals surface area contributed by atoms with E-state index >= 15 is 0 Å². The van der Waals surface area contributed by atoms with E-state index in [0.717, 1.165) is 29.9 Å². The van der Waals surface area contributed by atoms with Crippen molar-refractivity contribution in [1.29, 1.82) is 10.5 Å². The number of ether oxygens (including phenoxy) is 1. The third-order valence-corrected chi connectivity index (χ3v) is 3.30. The summed E-state index contributed by atoms with van der Waals surface area (Å²) in [6, 6.07) is 7.57. The summed E-state index contributed by atoms with van der Waals surface area (Å²) in [7, 11) is 7.86. The molecule has 0 fully saturated rings. The molecule has 0 saturated carbocycles. The van der Waals surface area contributed by atoms with Gasteiger partial charge in [-0.3, -0.25) is 0 Å². The Labute approximate surface area is 214 Å². The normalized spacial score (nSPS) is 7.94. The number of aromatic nitrogens is 2. The molecule has 0 bridgehead atoms. The van der Waals surface area contributed by atoms with E-state index in [1.54, 1.807) is 24.8 Å². The number of hydrogen-bond donors (Lipinski definition) is 0. The van der Waals surface area contributed by atoms with Gasteiger partial charge >= 0.3 is 12.4 Å². The Morgan fingerprint density at radius 3 is 1.16 bits per heavy atom. The number of nitriles is 2. The maximum Gasteiger partial charge on any atom is 0.463 e. The summed E-state index contributed by atoms with van der Waals surface area (Å²) in [5, 5.41) is 18.0. The van der Waals surface area contributed by atoms with E-state index in [-0.39, 0.29) is 24.4 Å². The predicted molar refractivity (Wildman–Crippen MR) is 132 cm³/mol. The molecule has 7 nitrogen and oxygen atoms in total. The smallest absolute Gasteiger partial charge is 0.463 e.